The standard InChI is InChI=1S/C17H20N2O3S/c1-5-21-12(2)15-10-18-17(23-4)19-16(15)22-11-13-6-8-14(20-3)9-7-13/h6-10H,2,5,11H2,1,3-4H3. The Labute approximate surface area is 140 Å². The van der Waals surface area contributed by atoms with Gasteiger partial charge in [0.25, 0.3) is 0 Å². The smallest absolute Gasteiger partial charge is 0.228 e. The molecule has 1 aromatic heterocycles. The molecule has 0 radical (unpaired) electrons. The summed E-state index contributed by atoms with van der Waals surface area (Å²) in [5.41, 5.74) is 1.68. The summed E-state index contributed by atoms with van der Waals surface area (Å²) < 4.78 is 16.5. The fraction of sp³-hybridized carbons (Fsp3) is 0.294. The molecule has 5 nitrogen and oxygen atoms in total. The second-order valence-corrected chi connectivity index (χ2v) is 5.34. The number of aromatic nitrogens is 2. The number of hydrogen-bond donors (Lipinski definition) is 0. The lowest BCUT2D eigenvalue weighted by Crippen LogP contribution is -2.04. The first-order valence-corrected chi connectivity index (χ1v) is 8.39. The lowest BCUT2D eigenvalue weighted by Gasteiger charge is -2.13. The van der Waals surface area contributed by atoms with Crippen LogP contribution in [-0.4, -0.2) is 29.9 Å². The maximum absolute atomic E-state index is 5.86. The molecule has 1 heterocycles. The minimum Gasteiger partial charge on any atom is -0.497 e. The Morgan fingerprint density at radius 3 is 2.61 bits per heavy atom. The van der Waals surface area contributed by atoms with Gasteiger partial charge in [-0.1, -0.05) is 30.5 Å². The summed E-state index contributed by atoms with van der Waals surface area (Å²) in [6.45, 7) is 6.72. The summed E-state index contributed by atoms with van der Waals surface area (Å²) in [6.07, 6.45) is 3.60. The number of ether oxygens (including phenoxy) is 3. The van der Waals surface area contributed by atoms with E-state index in [1.54, 1.807) is 13.3 Å². The second-order valence-electron chi connectivity index (χ2n) is 4.57. The van der Waals surface area contributed by atoms with Gasteiger partial charge in [-0.25, -0.2) is 4.98 Å². The lowest BCUT2D eigenvalue weighted by molar-refractivity contribution is 0.275. The molecule has 0 saturated carbocycles. The molecular formula is C17H20N2O3S. The molecule has 2 rings (SSSR count). The van der Waals surface area contributed by atoms with Crippen molar-refractivity contribution >= 4 is 17.5 Å². The number of benzene rings is 1. The minimum atomic E-state index is 0.390. The van der Waals surface area contributed by atoms with Crippen LogP contribution in [0.2, 0.25) is 0 Å². The topological polar surface area (TPSA) is 53.5 Å². The monoisotopic (exact) mass is 332 g/mol. The molecule has 0 aliphatic heterocycles. The van der Waals surface area contributed by atoms with Gasteiger partial charge in [0, 0.05) is 6.20 Å². The highest BCUT2D eigenvalue weighted by atomic mass is 32.2. The molecule has 0 spiro atoms. The van der Waals surface area contributed by atoms with Crippen molar-refractivity contribution in [3.05, 3.63) is 48.2 Å². The molecule has 2 aromatic rings. The fourth-order valence-electron chi connectivity index (χ4n) is 1.88. The predicted molar refractivity (Wildman–Crippen MR) is 91.8 cm³/mol. The lowest BCUT2D eigenvalue weighted by atomic mass is 10.2. The summed E-state index contributed by atoms with van der Waals surface area (Å²) in [6, 6.07) is 7.69. The zero-order valence-electron chi connectivity index (χ0n) is 13.5. The third kappa shape index (κ3) is 4.63. The summed E-state index contributed by atoms with van der Waals surface area (Å²) in [5.74, 6) is 1.79. The summed E-state index contributed by atoms with van der Waals surface area (Å²) in [5, 5.41) is 0.641. The molecule has 0 unspecified atom stereocenters. The van der Waals surface area contributed by atoms with Gasteiger partial charge >= 0.3 is 0 Å². The number of nitrogens with zero attached hydrogens (tertiary/aromatic N) is 2. The van der Waals surface area contributed by atoms with Crippen molar-refractivity contribution in [1.82, 2.24) is 9.97 Å². The first-order chi connectivity index (χ1) is 11.2. The van der Waals surface area contributed by atoms with Crippen LogP contribution in [0.5, 0.6) is 11.6 Å². The molecule has 0 saturated heterocycles. The summed E-state index contributed by atoms with van der Waals surface area (Å²) >= 11 is 1.45. The first kappa shape index (κ1) is 17.1. The molecule has 6 heteroatoms. The quantitative estimate of drug-likeness (QED) is 0.416. The van der Waals surface area contributed by atoms with Crippen LogP contribution in [0.1, 0.15) is 18.1 Å². The van der Waals surface area contributed by atoms with Gasteiger partial charge in [-0.15, -0.1) is 0 Å². The van der Waals surface area contributed by atoms with Gasteiger partial charge in [0.15, 0.2) is 5.16 Å². The van der Waals surface area contributed by atoms with E-state index in [0.717, 1.165) is 11.3 Å². The van der Waals surface area contributed by atoms with E-state index in [9.17, 15) is 0 Å². The van der Waals surface area contributed by atoms with Crippen molar-refractivity contribution in [2.24, 2.45) is 0 Å². The Bertz CT molecular complexity index is 659. The van der Waals surface area contributed by atoms with Gasteiger partial charge < -0.3 is 14.2 Å². The van der Waals surface area contributed by atoms with Crippen LogP contribution >= 0.6 is 11.8 Å². The van der Waals surface area contributed by atoms with Crippen molar-refractivity contribution in [3.8, 4) is 11.6 Å². The third-order valence-corrected chi connectivity index (χ3v) is 3.63. The predicted octanol–water partition coefficient (Wildman–Crippen LogP) is 3.79. The molecule has 23 heavy (non-hydrogen) atoms. The highest BCUT2D eigenvalue weighted by molar-refractivity contribution is 7.98. The molecule has 0 amide bonds. The number of hydrogen-bond acceptors (Lipinski definition) is 6. The van der Waals surface area contributed by atoms with Gasteiger partial charge in [0.1, 0.15) is 18.1 Å². The van der Waals surface area contributed by atoms with Crippen LogP contribution in [0.25, 0.3) is 5.76 Å². The molecule has 0 fully saturated rings. The van der Waals surface area contributed by atoms with Crippen molar-refractivity contribution in [2.45, 2.75) is 18.7 Å². The molecule has 122 valence electrons. The highest BCUT2D eigenvalue weighted by Crippen LogP contribution is 2.26. The Morgan fingerprint density at radius 1 is 1.26 bits per heavy atom. The molecule has 0 aliphatic rings. The van der Waals surface area contributed by atoms with E-state index in [2.05, 4.69) is 16.5 Å². The van der Waals surface area contributed by atoms with Crippen LogP contribution in [0.15, 0.2) is 42.2 Å². The Balaban J connectivity index is 2.17. The third-order valence-electron chi connectivity index (χ3n) is 3.07. The van der Waals surface area contributed by atoms with Gasteiger partial charge in [0.2, 0.25) is 5.88 Å². The number of methoxy groups -OCH3 is 1. The average Bonchev–Trinajstić information content (AvgIpc) is 2.60. The zero-order valence-corrected chi connectivity index (χ0v) is 14.4. The zero-order chi connectivity index (χ0) is 16.7. The van der Waals surface area contributed by atoms with E-state index in [0.29, 0.717) is 35.6 Å². The maximum atomic E-state index is 5.86. The number of rotatable bonds is 8. The van der Waals surface area contributed by atoms with Crippen LogP contribution in [-0.2, 0) is 11.3 Å². The molecular weight excluding hydrogens is 312 g/mol. The van der Waals surface area contributed by atoms with Crippen LogP contribution in [0, 0.1) is 0 Å². The van der Waals surface area contributed by atoms with E-state index in [-0.39, 0.29) is 0 Å². The Hall–Kier alpha value is -2.21. The van der Waals surface area contributed by atoms with Gasteiger partial charge in [-0.05, 0) is 30.9 Å². The van der Waals surface area contributed by atoms with Gasteiger partial charge in [0.05, 0.1) is 19.3 Å². The molecule has 0 bridgehead atoms. The van der Waals surface area contributed by atoms with Crippen molar-refractivity contribution in [1.29, 1.82) is 0 Å². The average molecular weight is 332 g/mol. The van der Waals surface area contributed by atoms with E-state index in [1.807, 2.05) is 37.4 Å². The first-order valence-electron chi connectivity index (χ1n) is 7.16. The van der Waals surface area contributed by atoms with E-state index in [1.165, 1.54) is 11.8 Å². The highest BCUT2D eigenvalue weighted by Gasteiger charge is 2.13. The molecule has 1 aromatic carbocycles. The normalized spacial score (nSPS) is 10.2. The minimum absolute atomic E-state index is 0.390. The Kier molecular flexibility index (Phi) is 6.29. The maximum Gasteiger partial charge on any atom is 0.228 e. The van der Waals surface area contributed by atoms with E-state index < -0.39 is 0 Å². The second kappa shape index (κ2) is 8.43. The molecule has 0 N–H and O–H groups in total. The van der Waals surface area contributed by atoms with Crippen molar-refractivity contribution in [2.75, 3.05) is 20.0 Å². The SMILES string of the molecule is C=C(OCC)c1cnc(SC)nc1OCc1ccc(OC)cc1. The van der Waals surface area contributed by atoms with E-state index in [4.69, 9.17) is 14.2 Å². The largest absolute Gasteiger partial charge is 0.497 e. The summed E-state index contributed by atoms with van der Waals surface area (Å²) in [7, 11) is 1.64. The van der Waals surface area contributed by atoms with Crippen LogP contribution < -0.4 is 9.47 Å². The Morgan fingerprint density at radius 2 is 2.00 bits per heavy atom. The number of thioether (sulfide) groups is 1. The van der Waals surface area contributed by atoms with E-state index >= 15 is 0 Å². The van der Waals surface area contributed by atoms with Gasteiger partial charge in [-0.3, -0.25) is 0 Å². The fourth-order valence-corrected chi connectivity index (χ4v) is 2.21. The molecule has 0 aliphatic carbocycles. The van der Waals surface area contributed by atoms with Crippen molar-refractivity contribution < 1.29 is 14.2 Å². The molecule has 0 atom stereocenters. The van der Waals surface area contributed by atoms with Crippen LogP contribution in [0.3, 0.4) is 0 Å². The summed E-state index contributed by atoms with van der Waals surface area (Å²) in [4.78, 5) is 8.66. The van der Waals surface area contributed by atoms with Crippen LogP contribution in [0.4, 0.5) is 0 Å². The van der Waals surface area contributed by atoms with Crippen molar-refractivity contribution in [3.63, 3.8) is 0 Å². The van der Waals surface area contributed by atoms with Gasteiger partial charge in [-0.2, -0.15) is 4.98 Å².